The van der Waals surface area contributed by atoms with Gasteiger partial charge in [-0.25, -0.2) is 8.78 Å². The quantitative estimate of drug-likeness (QED) is 0.859. The molecule has 1 N–H and O–H groups in total. The third-order valence-corrected chi connectivity index (χ3v) is 2.96. The van der Waals surface area contributed by atoms with Gasteiger partial charge in [-0.15, -0.1) is 0 Å². The molecule has 1 atom stereocenters. The molecule has 3 nitrogen and oxygen atoms in total. The third kappa shape index (κ3) is 2.38. The predicted octanol–water partition coefficient (Wildman–Crippen LogP) is 1.97. The molecule has 0 bridgehead atoms. The number of amides is 1. The van der Waals surface area contributed by atoms with Gasteiger partial charge in [0.1, 0.15) is 17.4 Å². The molecule has 0 saturated carbocycles. The molecule has 1 aliphatic heterocycles. The van der Waals surface area contributed by atoms with Crippen LogP contribution in [0.25, 0.3) is 0 Å². The Bertz CT molecular complexity index is 415. The number of benzene rings is 1. The molecule has 1 aromatic carbocycles. The summed E-state index contributed by atoms with van der Waals surface area (Å²) in [6, 6.07) is 2.32. The van der Waals surface area contributed by atoms with E-state index in [0.717, 1.165) is 12.1 Å². The van der Waals surface area contributed by atoms with Crippen LogP contribution in [-0.4, -0.2) is 19.6 Å². The van der Waals surface area contributed by atoms with Crippen LogP contribution in [0.15, 0.2) is 12.1 Å². The Labute approximate surface area is 97.8 Å². The van der Waals surface area contributed by atoms with Gasteiger partial charge < -0.3 is 10.1 Å². The second-order valence-electron chi connectivity index (χ2n) is 4.04. The Morgan fingerprint density at radius 3 is 2.47 bits per heavy atom. The van der Waals surface area contributed by atoms with Crippen LogP contribution >= 0.6 is 0 Å². The van der Waals surface area contributed by atoms with E-state index in [1.54, 1.807) is 0 Å². The van der Waals surface area contributed by atoms with Crippen molar-refractivity contribution in [2.75, 3.05) is 13.7 Å². The van der Waals surface area contributed by atoms with Crippen molar-refractivity contribution in [3.63, 3.8) is 0 Å². The van der Waals surface area contributed by atoms with Crippen LogP contribution in [0.5, 0.6) is 5.75 Å². The molecule has 1 amide bonds. The summed E-state index contributed by atoms with van der Waals surface area (Å²) in [4.78, 5) is 11.0. The molecule has 1 fully saturated rings. The number of rotatable bonds is 2. The zero-order valence-corrected chi connectivity index (χ0v) is 9.43. The fraction of sp³-hybridized carbons (Fsp3) is 0.417. The molecule has 1 unspecified atom stereocenters. The van der Waals surface area contributed by atoms with Crippen molar-refractivity contribution in [3.8, 4) is 5.75 Å². The maximum atomic E-state index is 13.7. The van der Waals surface area contributed by atoms with Gasteiger partial charge in [-0.05, 0) is 6.42 Å². The molecule has 0 aliphatic carbocycles. The van der Waals surface area contributed by atoms with Crippen LogP contribution in [0.3, 0.4) is 0 Å². The maximum Gasteiger partial charge on any atom is 0.220 e. The predicted molar refractivity (Wildman–Crippen MR) is 57.9 cm³/mol. The third-order valence-electron chi connectivity index (χ3n) is 2.96. The zero-order chi connectivity index (χ0) is 12.4. The lowest BCUT2D eigenvalue weighted by Gasteiger charge is -2.23. The van der Waals surface area contributed by atoms with Crippen LogP contribution in [0, 0.1) is 11.6 Å². The second-order valence-corrected chi connectivity index (χ2v) is 4.04. The minimum atomic E-state index is -0.622. The van der Waals surface area contributed by atoms with Crippen LogP contribution < -0.4 is 10.1 Å². The summed E-state index contributed by atoms with van der Waals surface area (Å²) in [5.41, 5.74) is 0.0331. The Balaban J connectivity index is 2.29. The van der Waals surface area contributed by atoms with Gasteiger partial charge in [0, 0.05) is 36.6 Å². The minimum Gasteiger partial charge on any atom is -0.497 e. The van der Waals surface area contributed by atoms with E-state index in [1.165, 1.54) is 7.11 Å². The standard InChI is InChI=1S/C12H13F2NO2/c1-17-8-4-9(13)12(10(14)5-8)7-2-3-11(16)15-6-7/h4-5,7H,2-3,6H2,1H3,(H,15,16). The molecule has 2 rings (SSSR count). The van der Waals surface area contributed by atoms with E-state index >= 15 is 0 Å². The topological polar surface area (TPSA) is 38.3 Å². The highest BCUT2D eigenvalue weighted by Gasteiger charge is 2.25. The van der Waals surface area contributed by atoms with Crippen molar-refractivity contribution in [3.05, 3.63) is 29.3 Å². The molecule has 1 aromatic rings. The summed E-state index contributed by atoms with van der Waals surface area (Å²) in [5.74, 6) is -1.47. The summed E-state index contributed by atoms with van der Waals surface area (Å²) in [5, 5.41) is 2.61. The largest absolute Gasteiger partial charge is 0.497 e. The highest BCUT2D eigenvalue weighted by molar-refractivity contribution is 5.76. The van der Waals surface area contributed by atoms with Crippen molar-refractivity contribution in [1.29, 1.82) is 0 Å². The lowest BCUT2D eigenvalue weighted by atomic mass is 9.90. The smallest absolute Gasteiger partial charge is 0.220 e. The second kappa shape index (κ2) is 4.69. The Hall–Kier alpha value is -1.65. The van der Waals surface area contributed by atoms with Gasteiger partial charge in [0.2, 0.25) is 5.91 Å². The van der Waals surface area contributed by atoms with E-state index in [4.69, 9.17) is 4.74 Å². The number of carbonyl (C=O) groups excluding carboxylic acids is 1. The van der Waals surface area contributed by atoms with E-state index < -0.39 is 11.6 Å². The highest BCUT2D eigenvalue weighted by atomic mass is 19.1. The number of piperidine rings is 1. The van der Waals surface area contributed by atoms with Crippen LogP contribution in [-0.2, 0) is 4.79 Å². The number of hydrogen-bond acceptors (Lipinski definition) is 2. The van der Waals surface area contributed by atoms with Gasteiger partial charge in [0.05, 0.1) is 7.11 Å². The van der Waals surface area contributed by atoms with E-state index in [9.17, 15) is 13.6 Å². The Morgan fingerprint density at radius 1 is 1.35 bits per heavy atom. The lowest BCUT2D eigenvalue weighted by molar-refractivity contribution is -0.122. The number of hydrogen-bond donors (Lipinski definition) is 1. The van der Waals surface area contributed by atoms with Crippen molar-refractivity contribution >= 4 is 5.91 Å². The normalized spacial score (nSPS) is 19.9. The number of ether oxygens (including phenoxy) is 1. The van der Waals surface area contributed by atoms with Gasteiger partial charge in [0.15, 0.2) is 0 Å². The van der Waals surface area contributed by atoms with Crippen LogP contribution in [0.4, 0.5) is 8.78 Å². The lowest BCUT2D eigenvalue weighted by Crippen LogP contribution is -2.34. The molecule has 17 heavy (non-hydrogen) atoms. The number of halogens is 2. The van der Waals surface area contributed by atoms with Gasteiger partial charge in [-0.1, -0.05) is 0 Å². The van der Waals surface area contributed by atoms with Crippen molar-refractivity contribution in [2.24, 2.45) is 0 Å². The average molecular weight is 241 g/mol. The molecule has 92 valence electrons. The van der Waals surface area contributed by atoms with Gasteiger partial charge in [0.25, 0.3) is 0 Å². The summed E-state index contributed by atoms with van der Waals surface area (Å²) in [6.45, 7) is 0.277. The fourth-order valence-corrected chi connectivity index (χ4v) is 2.05. The first-order valence-corrected chi connectivity index (χ1v) is 5.41. The molecule has 0 spiro atoms. The van der Waals surface area contributed by atoms with E-state index in [2.05, 4.69) is 5.32 Å². The molecule has 0 radical (unpaired) electrons. The maximum absolute atomic E-state index is 13.7. The van der Waals surface area contributed by atoms with Crippen molar-refractivity contribution in [2.45, 2.75) is 18.8 Å². The minimum absolute atomic E-state index is 0.0331. The summed E-state index contributed by atoms with van der Waals surface area (Å²) in [7, 11) is 1.36. The molecular formula is C12H13F2NO2. The Kier molecular flexibility index (Phi) is 3.26. The van der Waals surface area contributed by atoms with Gasteiger partial charge >= 0.3 is 0 Å². The summed E-state index contributed by atoms with van der Waals surface area (Å²) >= 11 is 0. The van der Waals surface area contributed by atoms with Crippen molar-refractivity contribution < 1.29 is 18.3 Å². The number of nitrogens with one attached hydrogen (secondary N) is 1. The first kappa shape index (κ1) is 11.8. The Morgan fingerprint density at radius 2 is 2.00 bits per heavy atom. The number of methoxy groups -OCH3 is 1. The molecule has 1 heterocycles. The van der Waals surface area contributed by atoms with Crippen molar-refractivity contribution in [1.82, 2.24) is 5.32 Å². The number of carbonyl (C=O) groups is 1. The fourth-order valence-electron chi connectivity index (χ4n) is 2.05. The molecule has 0 aromatic heterocycles. The first-order valence-electron chi connectivity index (χ1n) is 5.41. The summed E-state index contributed by atoms with van der Waals surface area (Å²) < 4.78 is 32.3. The van der Waals surface area contributed by atoms with E-state index in [0.29, 0.717) is 12.8 Å². The van der Waals surface area contributed by atoms with E-state index in [-0.39, 0.29) is 29.7 Å². The van der Waals surface area contributed by atoms with Gasteiger partial charge in [-0.2, -0.15) is 0 Å². The van der Waals surface area contributed by atoms with Crippen LogP contribution in [0.2, 0.25) is 0 Å². The van der Waals surface area contributed by atoms with Gasteiger partial charge in [-0.3, -0.25) is 4.79 Å². The summed E-state index contributed by atoms with van der Waals surface area (Å²) in [6.07, 6.45) is 0.765. The molecule has 1 aliphatic rings. The monoisotopic (exact) mass is 241 g/mol. The molecule has 1 saturated heterocycles. The molecular weight excluding hydrogens is 228 g/mol. The highest BCUT2D eigenvalue weighted by Crippen LogP contribution is 2.30. The van der Waals surface area contributed by atoms with Crippen LogP contribution in [0.1, 0.15) is 24.3 Å². The van der Waals surface area contributed by atoms with E-state index in [1.807, 2.05) is 0 Å². The zero-order valence-electron chi connectivity index (χ0n) is 9.43. The average Bonchev–Trinajstić information content (AvgIpc) is 2.30. The first-order chi connectivity index (χ1) is 8.11. The SMILES string of the molecule is COc1cc(F)c(C2CCC(=O)NC2)c(F)c1. The molecule has 5 heteroatoms.